The minimum Gasteiger partial charge on any atom is -0.356 e. The van der Waals surface area contributed by atoms with Gasteiger partial charge in [-0.1, -0.05) is 23.5 Å². The predicted molar refractivity (Wildman–Crippen MR) is 365 cm³/mol. The molecule has 0 spiro atoms. The Bertz CT molecular complexity index is 5390. The van der Waals surface area contributed by atoms with Gasteiger partial charge in [0.1, 0.15) is 103 Å². The van der Waals surface area contributed by atoms with Crippen LogP contribution in [0.4, 0.5) is 11.4 Å². The topological polar surface area (TPSA) is 1000 Å². The smallest absolute Gasteiger partial charge is 0.356 e. The molecule has 0 unspecified atom stereocenters. The normalized spacial score (nSPS) is 28.9. The molecule has 16 N–H and O–H groups in total. The number of hydrogen-bond acceptors (Lipinski definition) is 52. The molecule has 66 nitrogen and oxygen atoms in total. The summed E-state index contributed by atoms with van der Waals surface area (Å²) in [5.74, 6) is -2.47. The van der Waals surface area contributed by atoms with Gasteiger partial charge in [-0.3, -0.25) is 73.3 Å². The van der Waals surface area contributed by atoms with Crippen molar-refractivity contribution >= 4 is 192 Å². The molecule has 0 bridgehead atoms. The summed E-state index contributed by atoms with van der Waals surface area (Å²) in [5.41, 5.74) is -5.62. The Hall–Kier alpha value is -3.98. The van der Waals surface area contributed by atoms with Gasteiger partial charge < -0.3 is 39.1 Å². The van der Waals surface area contributed by atoms with Crippen LogP contribution in [0, 0.1) is 0 Å². The van der Waals surface area contributed by atoms with Gasteiger partial charge in [0.2, 0.25) is 11.8 Å². The van der Waals surface area contributed by atoms with Crippen molar-refractivity contribution in [2.45, 2.75) is 137 Å². The number of thioether (sulfide) groups is 2. The lowest BCUT2D eigenvalue weighted by Crippen LogP contribution is -2.66. The first kappa shape index (κ1) is 106. The highest BCUT2D eigenvalue weighted by atomic mass is 32.3. The van der Waals surface area contributed by atoms with E-state index < -0.39 is 311 Å². The SMILES string of the molecule is O=C(CC(=O)Nc1ccc(S[C@@H]2O[C@H](COS(=O)(=O)O)[C@@H](O[C@H]3O[C@H](COS(=O)(=O)O)[C@@H](OS(=O)(=O)O)[C@H](OS(=O)(=O)O)[C@H]3OS(=O)(=O)O)[C@H](OS(=O)(=O)O)[C@H]2OS(=O)(=O)O)cc1)Nc1ccc(S[C@@H]2O[C@H](COS(=O)(=O)O)[C@@H](O[C@H]3O[C@H](COS(=O)(=O)O)[C@@H](OS(=O)(=O)O)[C@H](OS(=O)(=O)O)[C@H]3OS(=O)(=O)O)[C@H](OS(=O)(=O)O)[C@H]2OS(=O)(=O)O)cc1. The van der Waals surface area contributed by atoms with E-state index in [-0.39, 0.29) is 44.7 Å². The molecule has 4 aliphatic rings. The molecule has 0 aliphatic carbocycles. The van der Waals surface area contributed by atoms with Crippen molar-refractivity contribution in [1.82, 2.24) is 0 Å². The number of nitrogens with one attached hydrogen (secondary N) is 2. The fourth-order valence-corrected chi connectivity index (χ4v) is 18.8. The second kappa shape index (κ2) is 40.4. The molecular weight excluding hydrogens is 2030 g/mol. The molecular formula is C39H54N2O64S16. The highest BCUT2D eigenvalue weighted by Crippen LogP contribution is 2.44. The first-order valence-corrected chi connectivity index (χ1v) is 50.4. The van der Waals surface area contributed by atoms with Gasteiger partial charge in [0.15, 0.2) is 24.8 Å². The van der Waals surface area contributed by atoms with Crippen molar-refractivity contribution in [3.63, 3.8) is 0 Å². The van der Waals surface area contributed by atoms with Crippen LogP contribution in [0.3, 0.4) is 0 Å². The van der Waals surface area contributed by atoms with E-state index >= 15 is 0 Å². The maximum Gasteiger partial charge on any atom is 0.397 e. The number of carbonyl (C=O) groups excluding carboxylic acids is 2. The molecule has 700 valence electrons. The van der Waals surface area contributed by atoms with Gasteiger partial charge in [-0.2, -0.15) is 118 Å². The monoisotopic (exact) mass is 2090 g/mol. The van der Waals surface area contributed by atoms with Gasteiger partial charge in [0.25, 0.3) is 0 Å². The summed E-state index contributed by atoms with van der Waals surface area (Å²) in [5, 5.41) is 4.37. The maximum absolute atomic E-state index is 13.2. The number of amides is 2. The number of anilines is 2. The fraction of sp³-hybridized carbons (Fsp3) is 0.641. The third-order valence-corrected chi connectivity index (χ3v) is 22.6. The Morgan fingerprint density at radius 2 is 0.463 bits per heavy atom. The minimum absolute atomic E-state index is 0.0485. The lowest BCUT2D eigenvalue weighted by molar-refractivity contribution is -0.325. The van der Waals surface area contributed by atoms with Crippen LogP contribution < -0.4 is 10.6 Å². The standard InChI is InChI=1S/C39H54N2O64S16/c42-22(40-14-1-5-16(6-2-14)106-38-34(104-120(80,81)82)28(98-114(62,63)64)24(18(92-38)10-86-108(44,45)46)94-36-32(102-118(74,75)76)30(100-116(68,69)70)26(96-112(56,57)58)20(90-36)12-88-110(50,51)52)9-23(43)41-15-3-7-17(8-4-15)107-39-35(105-121(83,84)85)29(99-115(65,66)67)25(19(93-39)11-87-109(47,48)49)95-37-33(103-119(77,78)79)31(101-117(71,72)73)27(97-113(59,60)61)21(91-37)13-89-111(53,54)55/h1-8,18-21,24-39H,9-13H2,(H,40,42)(H,41,43)(H,44,45,46)(H,47,48,49)(H,50,51,52)(H,53,54,55)(H,56,57,58)(H,59,60,61)(H,62,63,64)(H,65,66,67)(H,68,69,70)(H,71,72,73)(H,74,75,76)(H,77,78,79)(H,80,81,82)(H,83,84,85)/t18-,19-,20-,21-,24-,25-,26-,27-,28+,29+,30+,31+,32-,33-,34-,35-,36-,37-,38+,39+/m1/s1. The molecule has 121 heavy (non-hydrogen) atoms. The summed E-state index contributed by atoms with van der Waals surface area (Å²) in [4.78, 5) is 25.8. The molecule has 2 aromatic carbocycles. The van der Waals surface area contributed by atoms with Crippen LogP contribution in [0.5, 0.6) is 0 Å². The van der Waals surface area contributed by atoms with E-state index in [2.05, 4.69) is 69.2 Å². The highest BCUT2D eigenvalue weighted by molar-refractivity contribution is 8.00. The lowest BCUT2D eigenvalue weighted by atomic mass is 9.97. The van der Waals surface area contributed by atoms with Gasteiger partial charge in [-0.25, -0.2) is 58.6 Å². The van der Waals surface area contributed by atoms with Crippen LogP contribution in [-0.4, -0.2) is 341 Å². The van der Waals surface area contributed by atoms with Crippen LogP contribution in [-0.2, 0) is 242 Å². The lowest BCUT2D eigenvalue weighted by Gasteiger charge is -2.48. The summed E-state index contributed by atoms with van der Waals surface area (Å²) < 4.78 is 568. The Balaban J connectivity index is 1.29. The van der Waals surface area contributed by atoms with Gasteiger partial charge in [0, 0.05) is 21.2 Å². The molecule has 4 saturated heterocycles. The van der Waals surface area contributed by atoms with Crippen molar-refractivity contribution in [3.8, 4) is 0 Å². The second-order valence-electron chi connectivity index (χ2n) is 22.7. The van der Waals surface area contributed by atoms with Crippen molar-refractivity contribution < 1.29 is 278 Å². The maximum atomic E-state index is 13.2. The van der Waals surface area contributed by atoms with Gasteiger partial charge in [-0.15, -0.1) is 0 Å². The number of rotatable bonds is 44. The molecule has 4 aliphatic heterocycles. The van der Waals surface area contributed by atoms with E-state index in [1.807, 2.05) is 0 Å². The van der Waals surface area contributed by atoms with Crippen LogP contribution >= 0.6 is 23.5 Å². The molecule has 20 atom stereocenters. The van der Waals surface area contributed by atoms with E-state index in [0.29, 0.717) is 0 Å². The van der Waals surface area contributed by atoms with Crippen molar-refractivity contribution in [3.05, 3.63) is 48.5 Å². The average Bonchev–Trinajstić information content (AvgIpc) is 0.752. The van der Waals surface area contributed by atoms with Gasteiger partial charge >= 0.3 is 146 Å². The molecule has 82 heteroatoms. The summed E-state index contributed by atoms with van der Waals surface area (Å²) in [6, 6.07) is 7.30. The van der Waals surface area contributed by atoms with Crippen LogP contribution in [0.2, 0.25) is 0 Å². The van der Waals surface area contributed by atoms with Gasteiger partial charge in [-0.05, 0) is 48.5 Å². The zero-order chi connectivity index (χ0) is 92.2. The fourth-order valence-electron chi connectivity index (χ4n) is 10.3. The summed E-state index contributed by atoms with van der Waals surface area (Å²) in [7, 11) is -85.7. The molecule has 0 saturated carbocycles. The van der Waals surface area contributed by atoms with E-state index in [1.165, 1.54) is 0 Å². The molecule has 2 aromatic rings. The Morgan fingerprint density at radius 3 is 0.686 bits per heavy atom. The largest absolute Gasteiger partial charge is 0.397 e. The molecule has 4 heterocycles. The Labute approximate surface area is 688 Å². The van der Waals surface area contributed by atoms with Crippen LogP contribution in [0.25, 0.3) is 0 Å². The van der Waals surface area contributed by atoms with E-state index in [9.17, 15) is 191 Å². The summed E-state index contributed by atoms with van der Waals surface area (Å²) in [6.07, 6.45) is -58.4. The third kappa shape index (κ3) is 38.5. The molecule has 4 fully saturated rings. The van der Waals surface area contributed by atoms with E-state index in [1.54, 1.807) is 0 Å². The third-order valence-electron chi connectivity index (χ3n) is 13.9. The first-order valence-electron chi connectivity index (χ1n) is 29.5. The molecule has 0 radical (unpaired) electrons. The zero-order valence-corrected chi connectivity index (χ0v) is 70.0. The number of benzene rings is 2. The van der Waals surface area contributed by atoms with Crippen molar-refractivity contribution in [1.29, 1.82) is 0 Å². The van der Waals surface area contributed by atoms with Crippen molar-refractivity contribution in [2.75, 3.05) is 37.1 Å². The average molecular weight is 2090 g/mol. The predicted octanol–water partition coefficient (Wildman–Crippen LogP) is -8.33. The van der Waals surface area contributed by atoms with Crippen LogP contribution in [0.15, 0.2) is 58.3 Å². The summed E-state index contributed by atoms with van der Waals surface area (Å²) >= 11 is 0.0969. The van der Waals surface area contributed by atoms with Crippen molar-refractivity contribution in [2.24, 2.45) is 0 Å². The van der Waals surface area contributed by atoms with E-state index in [4.69, 9.17) is 28.4 Å². The molecule has 6 rings (SSSR count). The molecule has 2 amide bonds. The number of carbonyl (C=O) groups is 2. The molecule has 0 aromatic heterocycles. The Kier molecular flexibility index (Phi) is 35.3. The zero-order valence-electron chi connectivity index (χ0n) is 56.9. The summed E-state index contributed by atoms with van der Waals surface area (Å²) in [6.45, 7) is -7.73. The minimum atomic E-state index is -6.31. The highest BCUT2D eigenvalue weighted by Gasteiger charge is 2.62. The van der Waals surface area contributed by atoms with Gasteiger partial charge in [0.05, 0.1) is 26.4 Å². The number of ether oxygens (including phenoxy) is 6. The van der Waals surface area contributed by atoms with E-state index in [0.717, 1.165) is 48.5 Å². The quantitative estimate of drug-likeness (QED) is 0.0216. The first-order chi connectivity index (χ1) is 54.4. The van der Waals surface area contributed by atoms with Crippen LogP contribution in [0.1, 0.15) is 6.42 Å². The Morgan fingerprint density at radius 1 is 0.264 bits per heavy atom. The second-order valence-corrected chi connectivity index (χ2v) is 39.9. The number of hydrogen-bond donors (Lipinski definition) is 16.